The standard InChI is InChI=1S/C20H30O4/c1-11-12-9-13(21)15-18(2)6-4-7-19(3,17(23)24)14(18)5-8-20(15,10-12)16(11)22/h12-16,21-22H,1,4-10H2,2-3H3,(H,23,24)/t12?,13?,14-,15-,16?,18+,19+,20+/m0/s1. The van der Waals surface area contributed by atoms with Crippen molar-refractivity contribution in [2.75, 3.05) is 0 Å². The quantitative estimate of drug-likeness (QED) is 0.644. The van der Waals surface area contributed by atoms with Gasteiger partial charge in [0.2, 0.25) is 0 Å². The normalized spacial score (nSPS) is 56.5. The Kier molecular flexibility index (Phi) is 3.35. The first-order valence-corrected chi connectivity index (χ1v) is 9.45. The lowest BCUT2D eigenvalue weighted by Crippen LogP contribution is -2.63. The highest BCUT2D eigenvalue weighted by Gasteiger charge is 2.69. The van der Waals surface area contributed by atoms with E-state index in [9.17, 15) is 20.1 Å². The van der Waals surface area contributed by atoms with Crippen LogP contribution in [0.2, 0.25) is 0 Å². The van der Waals surface area contributed by atoms with Crippen LogP contribution in [0.5, 0.6) is 0 Å². The van der Waals surface area contributed by atoms with Gasteiger partial charge in [-0.15, -0.1) is 0 Å². The molecule has 4 aliphatic rings. The average molecular weight is 334 g/mol. The highest BCUT2D eigenvalue weighted by molar-refractivity contribution is 5.75. The summed E-state index contributed by atoms with van der Waals surface area (Å²) in [6.45, 7) is 8.22. The smallest absolute Gasteiger partial charge is 0.309 e. The third-order valence-corrected chi connectivity index (χ3v) is 8.65. The molecule has 24 heavy (non-hydrogen) atoms. The van der Waals surface area contributed by atoms with Gasteiger partial charge in [0.25, 0.3) is 0 Å². The summed E-state index contributed by atoms with van der Waals surface area (Å²) >= 11 is 0. The predicted molar refractivity (Wildman–Crippen MR) is 90.2 cm³/mol. The molecule has 4 saturated carbocycles. The lowest BCUT2D eigenvalue weighted by Gasteiger charge is -2.64. The zero-order valence-electron chi connectivity index (χ0n) is 14.8. The maximum Gasteiger partial charge on any atom is 0.309 e. The Labute approximate surface area is 144 Å². The number of hydrogen-bond donors (Lipinski definition) is 3. The van der Waals surface area contributed by atoms with Crippen LogP contribution in [-0.4, -0.2) is 33.5 Å². The molecule has 0 aromatic rings. The number of aliphatic carboxylic acids is 1. The summed E-state index contributed by atoms with van der Waals surface area (Å²) in [5.41, 5.74) is -0.331. The number of carbonyl (C=O) groups is 1. The SMILES string of the molecule is C=C1C2CC(O)[C@@H]3[C@@](CC[C@H]4[C@@]3(C)CCC[C@@]4(C)C(=O)O)(C2)C1O. The van der Waals surface area contributed by atoms with Crippen LogP contribution in [0.3, 0.4) is 0 Å². The molecule has 0 aromatic heterocycles. The molecule has 0 saturated heterocycles. The van der Waals surface area contributed by atoms with Gasteiger partial charge in [0, 0.05) is 5.41 Å². The lowest BCUT2D eigenvalue weighted by molar-refractivity contribution is -0.212. The van der Waals surface area contributed by atoms with Gasteiger partial charge in [0.05, 0.1) is 17.6 Å². The van der Waals surface area contributed by atoms with Crippen LogP contribution in [0.25, 0.3) is 0 Å². The van der Waals surface area contributed by atoms with Gasteiger partial charge in [-0.2, -0.15) is 0 Å². The number of hydrogen-bond acceptors (Lipinski definition) is 3. The van der Waals surface area contributed by atoms with Crippen molar-refractivity contribution in [3.8, 4) is 0 Å². The minimum absolute atomic E-state index is 0.0202. The Hall–Kier alpha value is -0.870. The Bertz CT molecular complexity index is 600. The number of carboxylic acid groups (broad SMARTS) is 1. The Balaban J connectivity index is 1.82. The van der Waals surface area contributed by atoms with E-state index < -0.39 is 23.6 Å². The van der Waals surface area contributed by atoms with E-state index in [1.807, 2.05) is 6.92 Å². The Morgan fingerprint density at radius 2 is 1.92 bits per heavy atom. The van der Waals surface area contributed by atoms with Gasteiger partial charge in [-0.25, -0.2) is 0 Å². The van der Waals surface area contributed by atoms with Crippen LogP contribution in [0, 0.1) is 34.0 Å². The van der Waals surface area contributed by atoms with Crippen LogP contribution in [0.4, 0.5) is 0 Å². The summed E-state index contributed by atoms with van der Waals surface area (Å²) in [6, 6.07) is 0. The van der Waals surface area contributed by atoms with Crippen LogP contribution >= 0.6 is 0 Å². The minimum atomic E-state index is -0.717. The molecule has 3 unspecified atom stereocenters. The second kappa shape index (κ2) is 4.85. The van der Waals surface area contributed by atoms with Gasteiger partial charge >= 0.3 is 5.97 Å². The van der Waals surface area contributed by atoms with Crippen molar-refractivity contribution >= 4 is 5.97 Å². The zero-order chi connectivity index (χ0) is 17.5. The van der Waals surface area contributed by atoms with Gasteiger partial charge in [-0.3, -0.25) is 4.79 Å². The second-order valence-corrected chi connectivity index (χ2v) is 9.57. The van der Waals surface area contributed by atoms with Crippen molar-refractivity contribution in [3.05, 3.63) is 12.2 Å². The molecule has 0 heterocycles. The summed E-state index contributed by atoms with van der Waals surface area (Å²) in [5.74, 6) is -0.429. The van der Waals surface area contributed by atoms with Crippen molar-refractivity contribution in [1.29, 1.82) is 0 Å². The van der Waals surface area contributed by atoms with E-state index in [4.69, 9.17) is 0 Å². The molecule has 134 valence electrons. The molecule has 8 atom stereocenters. The Morgan fingerprint density at radius 3 is 2.58 bits per heavy atom. The molecular weight excluding hydrogens is 304 g/mol. The molecule has 0 amide bonds. The third-order valence-electron chi connectivity index (χ3n) is 8.65. The van der Waals surface area contributed by atoms with E-state index in [1.165, 1.54) is 0 Å². The molecule has 0 aromatic carbocycles. The zero-order valence-corrected chi connectivity index (χ0v) is 14.8. The molecule has 4 aliphatic carbocycles. The fourth-order valence-electron chi connectivity index (χ4n) is 7.73. The molecule has 3 N–H and O–H groups in total. The van der Waals surface area contributed by atoms with Crippen LogP contribution in [0.1, 0.15) is 58.8 Å². The van der Waals surface area contributed by atoms with E-state index in [-0.39, 0.29) is 28.6 Å². The van der Waals surface area contributed by atoms with Crippen molar-refractivity contribution in [1.82, 2.24) is 0 Å². The molecular formula is C20H30O4. The summed E-state index contributed by atoms with van der Waals surface area (Å²) < 4.78 is 0. The molecule has 4 heteroatoms. The van der Waals surface area contributed by atoms with Crippen molar-refractivity contribution in [2.45, 2.75) is 71.0 Å². The average Bonchev–Trinajstić information content (AvgIpc) is 2.68. The first kappa shape index (κ1) is 16.6. The maximum absolute atomic E-state index is 12.1. The summed E-state index contributed by atoms with van der Waals surface area (Å²) in [4.78, 5) is 12.1. The van der Waals surface area contributed by atoms with Crippen molar-refractivity contribution < 1.29 is 20.1 Å². The fraction of sp³-hybridized carbons (Fsp3) is 0.850. The lowest BCUT2D eigenvalue weighted by atomic mass is 9.40. The van der Waals surface area contributed by atoms with E-state index in [2.05, 4.69) is 13.5 Å². The van der Waals surface area contributed by atoms with Crippen molar-refractivity contribution in [3.63, 3.8) is 0 Å². The van der Waals surface area contributed by atoms with E-state index in [0.717, 1.165) is 44.1 Å². The van der Waals surface area contributed by atoms with Gasteiger partial charge in [0.1, 0.15) is 0 Å². The molecule has 0 aliphatic heterocycles. The number of rotatable bonds is 1. The number of aliphatic hydroxyl groups is 2. The maximum atomic E-state index is 12.1. The number of fused-ring (bicyclic) bond motifs is 3. The number of carboxylic acids is 1. The minimum Gasteiger partial charge on any atom is -0.481 e. The Morgan fingerprint density at radius 1 is 1.21 bits per heavy atom. The topological polar surface area (TPSA) is 77.8 Å². The first-order chi connectivity index (χ1) is 11.2. The first-order valence-electron chi connectivity index (χ1n) is 9.45. The van der Waals surface area contributed by atoms with Gasteiger partial charge in [0.15, 0.2) is 0 Å². The van der Waals surface area contributed by atoms with E-state index in [0.29, 0.717) is 6.42 Å². The van der Waals surface area contributed by atoms with E-state index in [1.54, 1.807) is 0 Å². The molecule has 4 nitrogen and oxygen atoms in total. The molecule has 2 bridgehead atoms. The van der Waals surface area contributed by atoms with Gasteiger partial charge in [-0.1, -0.05) is 19.9 Å². The molecule has 4 fully saturated rings. The van der Waals surface area contributed by atoms with Crippen LogP contribution in [-0.2, 0) is 4.79 Å². The van der Waals surface area contributed by atoms with Gasteiger partial charge < -0.3 is 15.3 Å². The van der Waals surface area contributed by atoms with Crippen LogP contribution in [0.15, 0.2) is 12.2 Å². The van der Waals surface area contributed by atoms with Crippen LogP contribution < -0.4 is 0 Å². The van der Waals surface area contributed by atoms with Crippen molar-refractivity contribution in [2.24, 2.45) is 34.0 Å². The summed E-state index contributed by atoms with van der Waals surface area (Å²) in [7, 11) is 0. The number of aliphatic hydroxyl groups excluding tert-OH is 2. The molecule has 0 radical (unpaired) electrons. The third kappa shape index (κ3) is 1.74. The molecule has 4 rings (SSSR count). The highest BCUT2D eigenvalue weighted by Crippen LogP contribution is 2.72. The second-order valence-electron chi connectivity index (χ2n) is 9.57. The molecule has 1 spiro atoms. The van der Waals surface area contributed by atoms with Gasteiger partial charge in [-0.05, 0) is 74.2 Å². The fourth-order valence-corrected chi connectivity index (χ4v) is 7.73. The largest absolute Gasteiger partial charge is 0.481 e. The predicted octanol–water partition coefficient (Wildman–Crippen LogP) is 2.98. The van der Waals surface area contributed by atoms with E-state index >= 15 is 0 Å². The summed E-state index contributed by atoms with van der Waals surface area (Å²) in [5, 5.41) is 31.9. The highest BCUT2D eigenvalue weighted by atomic mass is 16.4. The summed E-state index contributed by atoms with van der Waals surface area (Å²) in [6.07, 6.45) is 4.80. The monoisotopic (exact) mass is 334 g/mol.